The van der Waals surface area contributed by atoms with E-state index < -0.39 is 15.8 Å². The summed E-state index contributed by atoms with van der Waals surface area (Å²) in [5.41, 5.74) is 0. The van der Waals surface area contributed by atoms with Crippen molar-refractivity contribution in [1.82, 2.24) is 4.31 Å². The minimum absolute atomic E-state index is 0.0719. The molecule has 0 amide bonds. The van der Waals surface area contributed by atoms with Gasteiger partial charge in [-0.2, -0.15) is 4.31 Å². The number of hydrogen-bond acceptors (Lipinski definition) is 3. The molecule has 4 nitrogen and oxygen atoms in total. The molecule has 0 atom stereocenters. The topological polar surface area (TPSA) is 57.6 Å². The van der Waals surface area contributed by atoms with Crippen LogP contribution in [0.4, 0.5) is 4.39 Å². The first-order chi connectivity index (χ1) is 9.86. The van der Waals surface area contributed by atoms with E-state index in [0.29, 0.717) is 12.8 Å². The summed E-state index contributed by atoms with van der Waals surface area (Å²) in [5.74, 6) is -0.308. The maximum atomic E-state index is 13.1. The second-order valence-corrected chi connectivity index (χ2v) is 7.83. The number of benzene rings is 1. The molecule has 0 unspecified atom stereocenters. The van der Waals surface area contributed by atoms with Crippen molar-refractivity contribution in [2.24, 2.45) is 5.92 Å². The highest BCUT2D eigenvalue weighted by molar-refractivity contribution is 7.89. The van der Waals surface area contributed by atoms with E-state index in [4.69, 9.17) is 16.7 Å². The van der Waals surface area contributed by atoms with Gasteiger partial charge in [0.1, 0.15) is 10.7 Å². The average molecular weight is 336 g/mol. The normalized spacial score (nSPS) is 23.5. The molecule has 7 heteroatoms. The van der Waals surface area contributed by atoms with Crippen molar-refractivity contribution in [1.29, 1.82) is 0 Å². The lowest BCUT2D eigenvalue weighted by molar-refractivity contribution is 0.159. The minimum atomic E-state index is -3.74. The molecule has 2 rings (SSSR count). The maximum absolute atomic E-state index is 13.1. The summed E-state index contributed by atoms with van der Waals surface area (Å²) < 4.78 is 39.5. The quantitative estimate of drug-likeness (QED) is 0.920. The summed E-state index contributed by atoms with van der Waals surface area (Å²) in [6, 6.07) is 3.18. The molecule has 0 spiro atoms. The zero-order valence-corrected chi connectivity index (χ0v) is 13.4. The number of aliphatic hydroxyl groups is 1. The molecule has 0 heterocycles. The highest BCUT2D eigenvalue weighted by Gasteiger charge is 2.32. The molecular weight excluding hydrogens is 317 g/mol. The van der Waals surface area contributed by atoms with Crippen molar-refractivity contribution in [3.05, 3.63) is 29.0 Å². The lowest BCUT2D eigenvalue weighted by Gasteiger charge is -2.33. The first-order valence-electron chi connectivity index (χ1n) is 6.90. The Hall–Kier alpha value is -0.690. The number of sulfonamides is 1. The van der Waals surface area contributed by atoms with E-state index in [1.165, 1.54) is 17.4 Å². The maximum Gasteiger partial charge on any atom is 0.244 e. The lowest BCUT2D eigenvalue weighted by atomic mass is 9.87. The molecule has 118 valence electrons. The average Bonchev–Trinajstić information content (AvgIpc) is 2.46. The van der Waals surface area contributed by atoms with Gasteiger partial charge in [-0.1, -0.05) is 11.6 Å². The Morgan fingerprint density at radius 1 is 1.33 bits per heavy atom. The van der Waals surface area contributed by atoms with Crippen LogP contribution in [0.3, 0.4) is 0 Å². The number of nitrogens with zero attached hydrogens (tertiary/aromatic N) is 1. The fraction of sp³-hybridized carbons (Fsp3) is 0.571. The predicted molar refractivity (Wildman–Crippen MR) is 79.2 cm³/mol. The van der Waals surface area contributed by atoms with Crippen LogP contribution in [0, 0.1) is 11.7 Å². The molecule has 1 aliphatic carbocycles. The highest BCUT2D eigenvalue weighted by Crippen LogP contribution is 2.31. The molecule has 0 bridgehead atoms. The van der Waals surface area contributed by atoms with Gasteiger partial charge in [-0.25, -0.2) is 12.8 Å². The molecule has 1 aliphatic rings. The van der Waals surface area contributed by atoms with Crippen molar-refractivity contribution in [2.75, 3.05) is 13.7 Å². The molecule has 1 aromatic carbocycles. The predicted octanol–water partition coefficient (Wildman–Crippen LogP) is 2.65. The second-order valence-electron chi connectivity index (χ2n) is 5.45. The Kier molecular flexibility index (Phi) is 5.24. The van der Waals surface area contributed by atoms with Crippen LogP contribution in [-0.2, 0) is 10.0 Å². The molecular formula is C14H19ClFNO3S. The van der Waals surface area contributed by atoms with Gasteiger partial charge in [0.25, 0.3) is 0 Å². The van der Waals surface area contributed by atoms with Gasteiger partial charge in [0.2, 0.25) is 10.0 Å². The van der Waals surface area contributed by atoms with Gasteiger partial charge in [0.05, 0.1) is 5.02 Å². The van der Waals surface area contributed by atoms with Crippen LogP contribution < -0.4 is 0 Å². The zero-order chi connectivity index (χ0) is 15.6. The van der Waals surface area contributed by atoms with Gasteiger partial charge >= 0.3 is 0 Å². The SMILES string of the molecule is CN(C1CCC(CO)CC1)S(=O)(=O)c1ccc(F)cc1Cl. The van der Waals surface area contributed by atoms with E-state index in [1.54, 1.807) is 0 Å². The fourth-order valence-electron chi connectivity index (χ4n) is 2.73. The third-order valence-corrected chi connectivity index (χ3v) is 6.53. The molecule has 0 aliphatic heterocycles. The van der Waals surface area contributed by atoms with Crippen LogP contribution in [0.5, 0.6) is 0 Å². The first kappa shape index (κ1) is 16.7. The molecule has 1 fully saturated rings. The van der Waals surface area contributed by atoms with Crippen molar-refractivity contribution in [3.63, 3.8) is 0 Å². The third-order valence-electron chi connectivity index (χ3n) is 4.14. The van der Waals surface area contributed by atoms with Gasteiger partial charge in [0.15, 0.2) is 0 Å². The van der Waals surface area contributed by atoms with E-state index in [-0.39, 0.29) is 28.5 Å². The molecule has 0 radical (unpaired) electrons. The van der Waals surface area contributed by atoms with Crippen molar-refractivity contribution in [2.45, 2.75) is 36.6 Å². The molecule has 1 aromatic rings. The summed E-state index contributed by atoms with van der Waals surface area (Å²) in [7, 11) is -2.21. The second kappa shape index (κ2) is 6.60. The van der Waals surface area contributed by atoms with Crippen LogP contribution in [0.1, 0.15) is 25.7 Å². The van der Waals surface area contributed by atoms with E-state index in [0.717, 1.165) is 25.0 Å². The van der Waals surface area contributed by atoms with E-state index >= 15 is 0 Å². The van der Waals surface area contributed by atoms with Crippen LogP contribution in [0.25, 0.3) is 0 Å². The van der Waals surface area contributed by atoms with E-state index in [2.05, 4.69) is 0 Å². The van der Waals surface area contributed by atoms with Crippen LogP contribution in [0.15, 0.2) is 23.1 Å². The standard InChI is InChI=1S/C14H19ClFNO3S/c1-17(12-5-2-10(9-18)3-6-12)21(19,20)14-7-4-11(16)8-13(14)15/h4,7-8,10,12,18H,2-3,5-6,9H2,1H3. The lowest BCUT2D eigenvalue weighted by Crippen LogP contribution is -2.39. The number of rotatable bonds is 4. The van der Waals surface area contributed by atoms with Gasteiger partial charge in [0, 0.05) is 19.7 Å². The molecule has 1 saturated carbocycles. The minimum Gasteiger partial charge on any atom is -0.396 e. The highest BCUT2D eigenvalue weighted by atomic mass is 35.5. The zero-order valence-electron chi connectivity index (χ0n) is 11.8. The number of halogens is 2. The number of hydrogen-bond donors (Lipinski definition) is 1. The van der Waals surface area contributed by atoms with E-state index in [9.17, 15) is 12.8 Å². The van der Waals surface area contributed by atoms with Crippen LogP contribution >= 0.6 is 11.6 Å². The summed E-state index contributed by atoms with van der Waals surface area (Å²) in [6.45, 7) is 0.146. The molecule has 21 heavy (non-hydrogen) atoms. The Balaban J connectivity index is 2.19. The fourth-order valence-corrected chi connectivity index (χ4v) is 4.65. The van der Waals surface area contributed by atoms with Crippen LogP contribution in [-0.4, -0.2) is 37.5 Å². The molecule has 0 saturated heterocycles. The Labute approximate surface area is 129 Å². The van der Waals surface area contributed by atoms with Gasteiger partial charge in [-0.05, 0) is 49.8 Å². The first-order valence-corrected chi connectivity index (χ1v) is 8.72. The Bertz CT molecular complexity index is 600. The van der Waals surface area contributed by atoms with E-state index in [1.807, 2.05) is 0 Å². The van der Waals surface area contributed by atoms with Gasteiger partial charge in [-0.3, -0.25) is 0 Å². The molecule has 1 N–H and O–H groups in total. The molecule has 0 aromatic heterocycles. The monoisotopic (exact) mass is 335 g/mol. The largest absolute Gasteiger partial charge is 0.396 e. The van der Waals surface area contributed by atoms with Crippen molar-refractivity contribution in [3.8, 4) is 0 Å². The van der Waals surface area contributed by atoms with Crippen LogP contribution in [0.2, 0.25) is 5.02 Å². The summed E-state index contributed by atoms with van der Waals surface area (Å²) >= 11 is 5.86. The summed E-state index contributed by atoms with van der Waals surface area (Å²) in [5, 5.41) is 9.03. The smallest absolute Gasteiger partial charge is 0.244 e. The Morgan fingerprint density at radius 2 is 1.95 bits per heavy atom. The number of aliphatic hydroxyl groups excluding tert-OH is 1. The summed E-state index contributed by atoms with van der Waals surface area (Å²) in [6.07, 6.45) is 3.02. The van der Waals surface area contributed by atoms with Gasteiger partial charge < -0.3 is 5.11 Å². The van der Waals surface area contributed by atoms with Crippen molar-refractivity contribution >= 4 is 21.6 Å². The third kappa shape index (κ3) is 3.56. The Morgan fingerprint density at radius 3 is 2.48 bits per heavy atom. The van der Waals surface area contributed by atoms with Gasteiger partial charge in [-0.15, -0.1) is 0 Å². The van der Waals surface area contributed by atoms with Crippen molar-refractivity contribution < 1.29 is 17.9 Å². The summed E-state index contributed by atoms with van der Waals surface area (Å²) in [4.78, 5) is -0.0719.